The monoisotopic (exact) mass is 307 g/mol. The molecule has 18 heavy (non-hydrogen) atoms. The van der Waals surface area contributed by atoms with Gasteiger partial charge >= 0.3 is 0 Å². The first-order chi connectivity index (χ1) is 8.88. The minimum Gasteiger partial charge on any atom is -0.311 e. The lowest BCUT2D eigenvalue weighted by Gasteiger charge is -2.11. The van der Waals surface area contributed by atoms with E-state index in [1.807, 2.05) is 0 Å². The Morgan fingerprint density at radius 3 is 2.39 bits per heavy atom. The third-order valence-electron chi connectivity index (χ3n) is 5.86. The van der Waals surface area contributed by atoms with Gasteiger partial charge in [-0.2, -0.15) is 0 Å². The van der Waals surface area contributed by atoms with Crippen LogP contribution in [-0.4, -0.2) is 14.8 Å². The van der Waals surface area contributed by atoms with Crippen molar-refractivity contribution in [1.29, 1.82) is 0 Å². The van der Waals surface area contributed by atoms with Crippen molar-refractivity contribution in [3.63, 3.8) is 0 Å². The van der Waals surface area contributed by atoms with Gasteiger partial charge in [0.05, 0.1) is 5.33 Å². The Morgan fingerprint density at radius 2 is 1.78 bits per heavy atom. The average molecular weight is 308 g/mol. The highest BCUT2D eigenvalue weighted by Crippen LogP contribution is 2.73. The molecule has 4 atom stereocenters. The smallest absolute Gasteiger partial charge is 0.143 e. The number of rotatable bonds is 3. The van der Waals surface area contributed by atoms with E-state index in [4.69, 9.17) is 0 Å². The summed E-state index contributed by atoms with van der Waals surface area (Å²) < 4.78 is 2.48. The molecular formula is C14H18BrN3. The van der Waals surface area contributed by atoms with E-state index in [1.54, 1.807) is 0 Å². The third kappa shape index (κ3) is 1.21. The van der Waals surface area contributed by atoms with E-state index >= 15 is 0 Å². The van der Waals surface area contributed by atoms with Crippen LogP contribution in [0.15, 0.2) is 0 Å². The van der Waals surface area contributed by atoms with Crippen LogP contribution in [0.3, 0.4) is 0 Å². The zero-order valence-electron chi connectivity index (χ0n) is 10.4. The van der Waals surface area contributed by atoms with Crippen molar-refractivity contribution < 1.29 is 0 Å². The summed E-state index contributed by atoms with van der Waals surface area (Å²) in [4.78, 5) is 0. The molecule has 1 aromatic heterocycles. The largest absolute Gasteiger partial charge is 0.311 e. The van der Waals surface area contributed by atoms with Gasteiger partial charge in [0.2, 0.25) is 0 Å². The van der Waals surface area contributed by atoms with E-state index in [9.17, 15) is 0 Å². The maximum atomic E-state index is 4.57. The molecule has 5 rings (SSSR count). The molecule has 0 amide bonds. The number of alkyl halides is 1. The quantitative estimate of drug-likeness (QED) is 0.802. The van der Waals surface area contributed by atoms with Gasteiger partial charge in [-0.25, -0.2) is 0 Å². The average Bonchev–Trinajstić information content (AvgIpc) is 3.25. The molecule has 4 fully saturated rings. The second kappa shape index (κ2) is 3.38. The van der Waals surface area contributed by atoms with E-state index < -0.39 is 0 Å². The van der Waals surface area contributed by atoms with Crippen LogP contribution in [-0.2, 0) is 5.33 Å². The second-order valence-corrected chi connectivity index (χ2v) is 7.28. The minimum atomic E-state index is 0.724. The van der Waals surface area contributed by atoms with Gasteiger partial charge in [-0.1, -0.05) is 15.9 Å². The summed E-state index contributed by atoms with van der Waals surface area (Å²) in [6, 6.07) is 0.724. The molecule has 4 saturated carbocycles. The topological polar surface area (TPSA) is 30.7 Å². The van der Waals surface area contributed by atoms with Crippen molar-refractivity contribution >= 4 is 15.9 Å². The fourth-order valence-corrected chi connectivity index (χ4v) is 5.44. The zero-order valence-corrected chi connectivity index (χ0v) is 12.0. The van der Waals surface area contributed by atoms with Gasteiger partial charge < -0.3 is 4.57 Å². The van der Waals surface area contributed by atoms with Crippen molar-refractivity contribution in [2.75, 3.05) is 0 Å². The molecule has 4 heteroatoms. The zero-order chi connectivity index (χ0) is 11.9. The number of hydrogen-bond acceptors (Lipinski definition) is 2. The molecule has 0 saturated heterocycles. The molecule has 3 nitrogen and oxygen atoms in total. The van der Waals surface area contributed by atoms with Crippen LogP contribution in [0.1, 0.15) is 55.7 Å². The fraction of sp³-hybridized carbons (Fsp3) is 0.857. The molecule has 0 radical (unpaired) electrons. The predicted molar refractivity (Wildman–Crippen MR) is 71.5 cm³/mol. The van der Waals surface area contributed by atoms with E-state index in [0.717, 1.165) is 46.8 Å². The first-order valence-corrected chi connectivity index (χ1v) is 8.50. The summed E-state index contributed by atoms with van der Waals surface area (Å²) >= 11 is 3.56. The summed E-state index contributed by atoms with van der Waals surface area (Å²) in [6.07, 6.45) is 7.17. The van der Waals surface area contributed by atoms with Crippen molar-refractivity contribution in [2.45, 2.75) is 49.4 Å². The molecule has 96 valence electrons. The molecule has 1 aromatic rings. The molecule has 4 unspecified atom stereocenters. The first kappa shape index (κ1) is 10.4. The van der Waals surface area contributed by atoms with Gasteiger partial charge in [-0.3, -0.25) is 0 Å². The highest BCUT2D eigenvalue weighted by Gasteiger charge is 2.67. The van der Waals surface area contributed by atoms with Crippen LogP contribution >= 0.6 is 15.9 Å². The SMILES string of the molecule is BrCc1nnc(C2C3C4CCC(C4)C23)n1C1CC1. The van der Waals surface area contributed by atoms with Gasteiger partial charge in [0.25, 0.3) is 0 Å². The van der Waals surface area contributed by atoms with Crippen molar-refractivity contribution in [3.8, 4) is 0 Å². The lowest BCUT2D eigenvalue weighted by Crippen LogP contribution is -2.07. The Morgan fingerprint density at radius 1 is 1.06 bits per heavy atom. The lowest BCUT2D eigenvalue weighted by molar-refractivity contribution is 0.456. The molecule has 1 heterocycles. The Labute approximate surface area is 115 Å². The minimum absolute atomic E-state index is 0.724. The standard InChI is InChI=1S/C14H18BrN3/c15-6-10-16-17-14(18(10)9-3-4-9)13-11-7-1-2-8(5-7)12(11)13/h7-9,11-13H,1-6H2. The Balaban J connectivity index is 1.53. The van der Waals surface area contributed by atoms with Crippen molar-refractivity contribution in [2.24, 2.45) is 23.7 Å². The fourth-order valence-electron chi connectivity index (χ4n) is 5.06. The van der Waals surface area contributed by atoms with Gasteiger partial charge in [-0.15, -0.1) is 10.2 Å². The summed E-state index contributed by atoms with van der Waals surface area (Å²) in [5, 5.41) is 9.85. The predicted octanol–water partition coefficient (Wildman–Crippen LogP) is 3.27. The number of nitrogens with zero attached hydrogens (tertiary/aromatic N) is 3. The molecule has 2 bridgehead atoms. The maximum Gasteiger partial charge on any atom is 0.143 e. The van der Waals surface area contributed by atoms with Crippen LogP contribution in [0.2, 0.25) is 0 Å². The van der Waals surface area contributed by atoms with Crippen LogP contribution < -0.4 is 0 Å². The van der Waals surface area contributed by atoms with Crippen molar-refractivity contribution in [1.82, 2.24) is 14.8 Å². The summed E-state index contributed by atoms with van der Waals surface area (Å²) in [5.41, 5.74) is 0. The Bertz CT molecular complexity index is 491. The lowest BCUT2D eigenvalue weighted by atomic mass is 10.0. The van der Waals surface area contributed by atoms with E-state index in [2.05, 4.69) is 30.7 Å². The summed E-state index contributed by atoms with van der Waals surface area (Å²) in [5.74, 6) is 7.30. The summed E-state index contributed by atoms with van der Waals surface area (Å²) in [6.45, 7) is 0. The van der Waals surface area contributed by atoms with Crippen LogP contribution in [0.4, 0.5) is 0 Å². The number of aromatic nitrogens is 3. The molecule has 0 aromatic carbocycles. The second-order valence-electron chi connectivity index (χ2n) is 6.72. The van der Waals surface area contributed by atoms with E-state index in [1.165, 1.54) is 37.9 Å². The first-order valence-electron chi connectivity index (χ1n) is 7.38. The van der Waals surface area contributed by atoms with Gasteiger partial charge in [0.1, 0.15) is 11.6 Å². The van der Waals surface area contributed by atoms with Gasteiger partial charge in [0, 0.05) is 12.0 Å². The molecule has 0 N–H and O–H groups in total. The molecular weight excluding hydrogens is 290 g/mol. The van der Waals surface area contributed by atoms with E-state index in [0.29, 0.717) is 0 Å². The van der Waals surface area contributed by atoms with Crippen molar-refractivity contribution in [3.05, 3.63) is 11.6 Å². The van der Waals surface area contributed by atoms with Gasteiger partial charge in [0.15, 0.2) is 0 Å². The Hall–Kier alpha value is -0.380. The summed E-state index contributed by atoms with van der Waals surface area (Å²) in [7, 11) is 0. The number of hydrogen-bond donors (Lipinski definition) is 0. The molecule has 4 aliphatic carbocycles. The highest BCUT2D eigenvalue weighted by molar-refractivity contribution is 9.08. The highest BCUT2D eigenvalue weighted by atomic mass is 79.9. The van der Waals surface area contributed by atoms with Crippen LogP contribution in [0, 0.1) is 23.7 Å². The van der Waals surface area contributed by atoms with Crippen LogP contribution in [0.5, 0.6) is 0 Å². The molecule has 4 aliphatic rings. The Kier molecular flexibility index (Phi) is 1.96. The van der Waals surface area contributed by atoms with E-state index in [-0.39, 0.29) is 0 Å². The maximum absolute atomic E-state index is 4.57. The van der Waals surface area contributed by atoms with Crippen LogP contribution in [0.25, 0.3) is 0 Å². The third-order valence-corrected chi connectivity index (χ3v) is 6.36. The number of halogens is 1. The molecule has 0 spiro atoms. The molecule has 0 aliphatic heterocycles. The number of fused-ring (bicyclic) bond motifs is 5. The normalized spacial score (nSPS) is 44.4. The van der Waals surface area contributed by atoms with Gasteiger partial charge in [-0.05, 0) is 55.8 Å².